The first-order valence-electron chi connectivity index (χ1n) is 7.09. The summed E-state index contributed by atoms with van der Waals surface area (Å²) in [6.45, 7) is 10.9. The maximum Gasteiger partial charge on any atom is 0.0233 e. The molecular formula is C16H28N2. The summed E-state index contributed by atoms with van der Waals surface area (Å²) in [5.74, 6) is 0.782. The largest absolute Gasteiger partial charge is 0.313 e. The Morgan fingerprint density at radius 1 is 1.17 bits per heavy atom. The lowest BCUT2D eigenvalue weighted by molar-refractivity contribution is 0.302. The predicted molar refractivity (Wildman–Crippen MR) is 79.6 cm³/mol. The zero-order valence-corrected chi connectivity index (χ0v) is 12.4. The van der Waals surface area contributed by atoms with Gasteiger partial charge < -0.3 is 10.2 Å². The summed E-state index contributed by atoms with van der Waals surface area (Å²) in [6.07, 6.45) is 1.27. The number of hydrogen-bond acceptors (Lipinski definition) is 2. The van der Waals surface area contributed by atoms with Gasteiger partial charge in [0, 0.05) is 13.1 Å². The van der Waals surface area contributed by atoms with Crippen LogP contribution < -0.4 is 5.32 Å². The molecule has 18 heavy (non-hydrogen) atoms. The molecule has 1 N–H and O–H groups in total. The van der Waals surface area contributed by atoms with E-state index in [1.165, 1.54) is 24.1 Å². The molecule has 0 unspecified atom stereocenters. The van der Waals surface area contributed by atoms with E-state index in [4.69, 9.17) is 0 Å². The number of rotatable bonds is 8. The summed E-state index contributed by atoms with van der Waals surface area (Å²) in [6, 6.07) is 8.75. The quantitative estimate of drug-likeness (QED) is 0.759. The van der Waals surface area contributed by atoms with E-state index in [1.807, 2.05) is 0 Å². The van der Waals surface area contributed by atoms with Crippen LogP contribution in [0.2, 0.25) is 0 Å². The minimum Gasteiger partial charge on any atom is -0.313 e. The third-order valence-corrected chi connectivity index (χ3v) is 3.21. The van der Waals surface area contributed by atoms with Gasteiger partial charge in [0.25, 0.3) is 0 Å². The van der Waals surface area contributed by atoms with Crippen LogP contribution in [0.5, 0.6) is 0 Å². The van der Waals surface area contributed by atoms with Crippen LogP contribution in [0.3, 0.4) is 0 Å². The lowest BCUT2D eigenvalue weighted by Gasteiger charge is -2.20. The van der Waals surface area contributed by atoms with E-state index in [1.54, 1.807) is 0 Å². The first-order chi connectivity index (χ1) is 8.63. The van der Waals surface area contributed by atoms with Crippen molar-refractivity contribution < 1.29 is 0 Å². The second kappa shape index (κ2) is 8.28. The van der Waals surface area contributed by atoms with Gasteiger partial charge in [0.2, 0.25) is 0 Å². The van der Waals surface area contributed by atoms with Crippen molar-refractivity contribution in [1.82, 2.24) is 10.2 Å². The second-order valence-electron chi connectivity index (χ2n) is 5.47. The van der Waals surface area contributed by atoms with Crippen molar-refractivity contribution in [2.75, 3.05) is 20.1 Å². The summed E-state index contributed by atoms with van der Waals surface area (Å²) in [4.78, 5) is 2.42. The Hall–Kier alpha value is -0.860. The summed E-state index contributed by atoms with van der Waals surface area (Å²) in [5, 5.41) is 3.41. The Morgan fingerprint density at radius 3 is 2.44 bits per heavy atom. The monoisotopic (exact) mass is 248 g/mol. The molecule has 0 atom stereocenters. The van der Waals surface area contributed by atoms with Crippen molar-refractivity contribution in [1.29, 1.82) is 0 Å². The average molecular weight is 248 g/mol. The molecule has 0 bridgehead atoms. The smallest absolute Gasteiger partial charge is 0.0233 e. The molecule has 0 spiro atoms. The standard InChI is InChI=1S/C16H28N2/c1-5-17-12-15-8-6-7-9-16(15)13-18(4)11-10-14(2)3/h6-9,14,17H,5,10-13H2,1-4H3. The Kier molecular flexibility index (Phi) is 6.99. The van der Waals surface area contributed by atoms with Gasteiger partial charge in [-0.05, 0) is 43.6 Å². The van der Waals surface area contributed by atoms with E-state index >= 15 is 0 Å². The highest BCUT2D eigenvalue weighted by Crippen LogP contribution is 2.12. The van der Waals surface area contributed by atoms with Crippen molar-refractivity contribution in [3.05, 3.63) is 35.4 Å². The fourth-order valence-electron chi connectivity index (χ4n) is 1.99. The number of hydrogen-bond donors (Lipinski definition) is 1. The molecule has 0 fully saturated rings. The van der Waals surface area contributed by atoms with Gasteiger partial charge in [-0.3, -0.25) is 0 Å². The predicted octanol–water partition coefficient (Wildman–Crippen LogP) is 3.27. The molecule has 0 aliphatic heterocycles. The fourth-order valence-corrected chi connectivity index (χ4v) is 1.99. The van der Waals surface area contributed by atoms with E-state index in [0.29, 0.717) is 0 Å². The van der Waals surface area contributed by atoms with Crippen LogP contribution in [-0.4, -0.2) is 25.0 Å². The zero-order valence-electron chi connectivity index (χ0n) is 12.4. The van der Waals surface area contributed by atoms with Crippen LogP contribution in [-0.2, 0) is 13.1 Å². The summed E-state index contributed by atoms with van der Waals surface area (Å²) >= 11 is 0. The number of nitrogens with one attached hydrogen (secondary N) is 1. The Labute approximate surface area is 112 Å². The van der Waals surface area contributed by atoms with E-state index in [2.05, 4.69) is 62.3 Å². The molecule has 0 amide bonds. The van der Waals surface area contributed by atoms with Crippen LogP contribution in [0, 0.1) is 5.92 Å². The third-order valence-electron chi connectivity index (χ3n) is 3.21. The highest BCUT2D eigenvalue weighted by molar-refractivity contribution is 5.26. The van der Waals surface area contributed by atoms with Gasteiger partial charge in [-0.25, -0.2) is 0 Å². The minimum absolute atomic E-state index is 0.782. The normalized spacial score (nSPS) is 11.4. The molecule has 102 valence electrons. The van der Waals surface area contributed by atoms with Gasteiger partial charge in [-0.2, -0.15) is 0 Å². The Bertz CT molecular complexity index is 334. The van der Waals surface area contributed by atoms with Crippen molar-refractivity contribution in [2.24, 2.45) is 5.92 Å². The van der Waals surface area contributed by atoms with Gasteiger partial charge in [0.05, 0.1) is 0 Å². The molecule has 0 saturated carbocycles. The van der Waals surface area contributed by atoms with Gasteiger partial charge in [0.1, 0.15) is 0 Å². The molecule has 1 aromatic rings. The molecule has 0 aromatic heterocycles. The Balaban J connectivity index is 2.54. The summed E-state index contributed by atoms with van der Waals surface area (Å²) in [7, 11) is 2.21. The highest BCUT2D eigenvalue weighted by Gasteiger charge is 2.05. The topological polar surface area (TPSA) is 15.3 Å². The zero-order chi connectivity index (χ0) is 13.4. The average Bonchev–Trinajstić information content (AvgIpc) is 2.35. The van der Waals surface area contributed by atoms with Gasteiger partial charge >= 0.3 is 0 Å². The maximum absolute atomic E-state index is 3.41. The van der Waals surface area contributed by atoms with Crippen molar-refractivity contribution in [3.8, 4) is 0 Å². The molecule has 2 heteroatoms. The lowest BCUT2D eigenvalue weighted by Crippen LogP contribution is -2.22. The fraction of sp³-hybridized carbons (Fsp3) is 0.625. The first kappa shape index (κ1) is 15.2. The van der Waals surface area contributed by atoms with Gasteiger partial charge in [-0.15, -0.1) is 0 Å². The van der Waals surface area contributed by atoms with Crippen LogP contribution in [0.1, 0.15) is 38.3 Å². The molecule has 1 aromatic carbocycles. The summed E-state index contributed by atoms with van der Waals surface area (Å²) < 4.78 is 0. The van der Waals surface area contributed by atoms with Crippen LogP contribution in [0.4, 0.5) is 0 Å². The van der Waals surface area contributed by atoms with Crippen LogP contribution in [0.25, 0.3) is 0 Å². The Morgan fingerprint density at radius 2 is 1.83 bits per heavy atom. The molecule has 0 radical (unpaired) electrons. The van der Waals surface area contributed by atoms with E-state index in [9.17, 15) is 0 Å². The van der Waals surface area contributed by atoms with E-state index in [-0.39, 0.29) is 0 Å². The first-order valence-corrected chi connectivity index (χ1v) is 7.09. The number of benzene rings is 1. The van der Waals surface area contributed by atoms with Crippen LogP contribution in [0.15, 0.2) is 24.3 Å². The lowest BCUT2D eigenvalue weighted by atomic mass is 10.1. The SMILES string of the molecule is CCNCc1ccccc1CN(C)CCC(C)C. The van der Waals surface area contributed by atoms with Gasteiger partial charge in [0.15, 0.2) is 0 Å². The molecular weight excluding hydrogens is 220 g/mol. The van der Waals surface area contributed by atoms with Crippen molar-refractivity contribution in [2.45, 2.75) is 40.3 Å². The van der Waals surface area contributed by atoms with Gasteiger partial charge in [-0.1, -0.05) is 45.0 Å². The molecule has 0 aliphatic rings. The summed E-state index contributed by atoms with van der Waals surface area (Å²) in [5.41, 5.74) is 2.88. The van der Waals surface area contributed by atoms with E-state index < -0.39 is 0 Å². The highest BCUT2D eigenvalue weighted by atomic mass is 15.1. The molecule has 0 heterocycles. The maximum atomic E-state index is 3.41. The molecule has 2 nitrogen and oxygen atoms in total. The van der Waals surface area contributed by atoms with E-state index in [0.717, 1.165) is 25.6 Å². The van der Waals surface area contributed by atoms with Crippen molar-refractivity contribution >= 4 is 0 Å². The van der Waals surface area contributed by atoms with Crippen LogP contribution >= 0.6 is 0 Å². The molecule has 1 rings (SSSR count). The molecule has 0 saturated heterocycles. The second-order valence-corrected chi connectivity index (χ2v) is 5.47. The minimum atomic E-state index is 0.782. The molecule has 0 aliphatic carbocycles. The van der Waals surface area contributed by atoms with Crippen molar-refractivity contribution in [3.63, 3.8) is 0 Å². The third kappa shape index (κ3) is 5.65. The number of nitrogens with zero attached hydrogens (tertiary/aromatic N) is 1.